The van der Waals surface area contributed by atoms with Crippen molar-refractivity contribution >= 4 is 15.9 Å². The first-order valence-corrected chi connectivity index (χ1v) is 10.9. The third kappa shape index (κ3) is 5.60. The first kappa shape index (κ1) is 20.4. The average molecular weight is 407 g/mol. The Bertz CT molecular complexity index is 898. The lowest BCUT2D eigenvalue weighted by Gasteiger charge is -2.31. The van der Waals surface area contributed by atoms with Gasteiger partial charge in [0.1, 0.15) is 5.82 Å². The van der Waals surface area contributed by atoms with E-state index in [9.17, 15) is 17.6 Å². The average Bonchev–Trinajstić information content (AvgIpc) is 2.68. The van der Waals surface area contributed by atoms with Crippen LogP contribution in [0.1, 0.15) is 11.1 Å². The van der Waals surface area contributed by atoms with Gasteiger partial charge in [0.2, 0.25) is 10.0 Å². The molecule has 28 heavy (non-hydrogen) atoms. The smallest absolute Gasteiger partial charge is 0.275 e. The minimum atomic E-state index is -3.36. The molecule has 0 saturated carbocycles. The predicted octanol–water partition coefficient (Wildman–Crippen LogP) is 0.172. The van der Waals surface area contributed by atoms with Gasteiger partial charge in [-0.2, -0.15) is 4.31 Å². The SMILES string of the molecule is O=C(C[NH+]1CCN(S(=O)(=O)Cc2ccccc2)CC1)NCc1ccccc1F. The van der Waals surface area contributed by atoms with Gasteiger partial charge in [-0.3, -0.25) is 4.79 Å². The van der Waals surface area contributed by atoms with E-state index in [1.807, 2.05) is 18.2 Å². The number of piperazine rings is 1. The molecule has 2 aromatic rings. The maximum Gasteiger partial charge on any atom is 0.275 e. The van der Waals surface area contributed by atoms with Crippen LogP contribution in [-0.4, -0.2) is 51.4 Å². The van der Waals surface area contributed by atoms with Crippen LogP contribution < -0.4 is 10.2 Å². The van der Waals surface area contributed by atoms with Gasteiger partial charge < -0.3 is 10.2 Å². The zero-order valence-corrected chi connectivity index (χ0v) is 16.4. The van der Waals surface area contributed by atoms with Crippen LogP contribution in [0.25, 0.3) is 0 Å². The Labute approximate surface area is 165 Å². The molecule has 0 spiro atoms. The van der Waals surface area contributed by atoms with Crippen LogP contribution in [0, 0.1) is 5.82 Å². The van der Waals surface area contributed by atoms with Gasteiger partial charge in [-0.25, -0.2) is 12.8 Å². The Balaban J connectivity index is 1.44. The van der Waals surface area contributed by atoms with Crippen molar-refractivity contribution in [3.8, 4) is 0 Å². The number of quaternary nitrogens is 1. The number of nitrogens with zero attached hydrogens (tertiary/aromatic N) is 1. The molecule has 6 nitrogen and oxygen atoms in total. The van der Waals surface area contributed by atoms with Crippen molar-refractivity contribution < 1.29 is 22.5 Å². The van der Waals surface area contributed by atoms with E-state index in [1.54, 1.807) is 30.3 Å². The van der Waals surface area contributed by atoms with E-state index in [2.05, 4.69) is 5.32 Å². The second-order valence-corrected chi connectivity index (χ2v) is 8.90. The van der Waals surface area contributed by atoms with E-state index in [4.69, 9.17) is 0 Å². The summed E-state index contributed by atoms with van der Waals surface area (Å²) in [4.78, 5) is 13.2. The van der Waals surface area contributed by atoms with Crippen LogP contribution in [0.3, 0.4) is 0 Å². The number of sulfonamides is 1. The van der Waals surface area contributed by atoms with Crippen molar-refractivity contribution in [1.29, 1.82) is 0 Å². The zero-order valence-electron chi connectivity index (χ0n) is 15.6. The summed E-state index contributed by atoms with van der Waals surface area (Å²) >= 11 is 0. The lowest BCUT2D eigenvalue weighted by molar-refractivity contribution is -0.895. The Kier molecular flexibility index (Phi) is 6.77. The molecule has 0 aliphatic carbocycles. The molecule has 1 saturated heterocycles. The van der Waals surface area contributed by atoms with E-state index in [-0.39, 0.29) is 30.6 Å². The molecule has 8 heteroatoms. The quantitative estimate of drug-likeness (QED) is 0.689. The topological polar surface area (TPSA) is 70.9 Å². The maximum atomic E-state index is 13.6. The lowest BCUT2D eigenvalue weighted by Crippen LogP contribution is -3.15. The molecule has 0 aromatic heterocycles. The Morgan fingerprint density at radius 2 is 1.68 bits per heavy atom. The summed E-state index contributed by atoms with van der Waals surface area (Å²) < 4.78 is 40.2. The van der Waals surface area contributed by atoms with Crippen LogP contribution in [0.15, 0.2) is 54.6 Å². The Morgan fingerprint density at radius 1 is 1.04 bits per heavy atom. The molecule has 1 amide bonds. The second kappa shape index (κ2) is 9.27. The van der Waals surface area contributed by atoms with E-state index in [1.165, 1.54) is 10.4 Å². The number of hydrogen-bond donors (Lipinski definition) is 2. The predicted molar refractivity (Wildman–Crippen MR) is 104 cm³/mol. The first-order chi connectivity index (χ1) is 13.4. The van der Waals surface area contributed by atoms with Gasteiger partial charge in [0, 0.05) is 12.1 Å². The monoisotopic (exact) mass is 406 g/mol. The number of nitrogens with one attached hydrogen (secondary N) is 2. The van der Waals surface area contributed by atoms with Gasteiger partial charge in [-0.1, -0.05) is 48.5 Å². The summed E-state index contributed by atoms with van der Waals surface area (Å²) in [7, 11) is -3.36. The van der Waals surface area contributed by atoms with E-state index in [0.717, 1.165) is 10.5 Å². The van der Waals surface area contributed by atoms with Gasteiger partial charge in [-0.05, 0) is 11.6 Å². The molecular weight excluding hydrogens is 381 g/mol. The fourth-order valence-electron chi connectivity index (χ4n) is 3.26. The number of amides is 1. The molecule has 0 bridgehead atoms. The van der Waals surface area contributed by atoms with Crippen LogP contribution in [0.2, 0.25) is 0 Å². The van der Waals surface area contributed by atoms with Gasteiger partial charge in [-0.15, -0.1) is 0 Å². The summed E-state index contributed by atoms with van der Waals surface area (Å²) in [5.41, 5.74) is 1.22. The highest BCUT2D eigenvalue weighted by Crippen LogP contribution is 2.10. The van der Waals surface area contributed by atoms with Crippen LogP contribution in [-0.2, 0) is 27.1 Å². The number of carbonyl (C=O) groups is 1. The molecule has 0 atom stereocenters. The summed E-state index contributed by atoms with van der Waals surface area (Å²) in [5.74, 6) is -0.516. The minimum Gasteiger partial charge on any atom is -0.347 e. The largest absolute Gasteiger partial charge is 0.347 e. The van der Waals surface area contributed by atoms with Crippen molar-refractivity contribution in [2.45, 2.75) is 12.3 Å². The molecule has 1 aliphatic rings. The standard InChI is InChI=1S/C20H24FN3O3S/c21-19-9-5-4-8-18(19)14-22-20(25)15-23-10-12-24(13-11-23)28(26,27)16-17-6-2-1-3-7-17/h1-9H,10-16H2,(H,22,25)/p+1. The molecule has 0 radical (unpaired) electrons. The second-order valence-electron chi connectivity index (χ2n) is 6.94. The third-order valence-electron chi connectivity index (χ3n) is 4.86. The van der Waals surface area contributed by atoms with Crippen LogP contribution >= 0.6 is 0 Å². The van der Waals surface area contributed by atoms with E-state index < -0.39 is 10.0 Å². The van der Waals surface area contributed by atoms with Crippen molar-refractivity contribution in [3.05, 3.63) is 71.5 Å². The van der Waals surface area contributed by atoms with Gasteiger partial charge >= 0.3 is 0 Å². The number of carbonyl (C=O) groups excluding carboxylic acids is 1. The fourth-order valence-corrected chi connectivity index (χ4v) is 4.79. The number of halogens is 1. The van der Waals surface area contributed by atoms with Gasteiger partial charge in [0.15, 0.2) is 6.54 Å². The normalized spacial score (nSPS) is 16.0. The Morgan fingerprint density at radius 3 is 2.36 bits per heavy atom. The van der Waals surface area contributed by atoms with Crippen LogP contribution in [0.4, 0.5) is 4.39 Å². The van der Waals surface area contributed by atoms with Crippen LogP contribution in [0.5, 0.6) is 0 Å². The zero-order chi connectivity index (χ0) is 20.0. The Hall–Kier alpha value is -2.29. The van der Waals surface area contributed by atoms with E-state index >= 15 is 0 Å². The highest BCUT2D eigenvalue weighted by atomic mass is 32.2. The number of rotatable bonds is 7. The molecule has 150 valence electrons. The highest BCUT2D eigenvalue weighted by Gasteiger charge is 2.29. The number of hydrogen-bond acceptors (Lipinski definition) is 3. The lowest BCUT2D eigenvalue weighted by atomic mass is 10.2. The van der Waals surface area contributed by atoms with Crippen molar-refractivity contribution in [1.82, 2.24) is 9.62 Å². The molecule has 2 N–H and O–H groups in total. The summed E-state index contributed by atoms with van der Waals surface area (Å²) in [6, 6.07) is 15.5. The minimum absolute atomic E-state index is 0.00764. The summed E-state index contributed by atoms with van der Waals surface area (Å²) in [5, 5.41) is 2.73. The third-order valence-corrected chi connectivity index (χ3v) is 6.71. The molecule has 3 rings (SSSR count). The van der Waals surface area contributed by atoms with Crippen molar-refractivity contribution in [3.63, 3.8) is 0 Å². The first-order valence-electron chi connectivity index (χ1n) is 9.29. The van der Waals surface area contributed by atoms with Gasteiger partial charge in [0.25, 0.3) is 5.91 Å². The van der Waals surface area contributed by atoms with Crippen molar-refractivity contribution in [2.75, 3.05) is 32.7 Å². The molecule has 1 heterocycles. The molecule has 1 aliphatic heterocycles. The van der Waals surface area contributed by atoms with Crippen molar-refractivity contribution in [2.24, 2.45) is 0 Å². The summed E-state index contributed by atoms with van der Waals surface area (Å²) in [6.07, 6.45) is 0. The molecule has 2 aromatic carbocycles. The summed E-state index contributed by atoms with van der Waals surface area (Å²) in [6.45, 7) is 2.33. The van der Waals surface area contributed by atoms with E-state index in [0.29, 0.717) is 31.7 Å². The molecule has 1 fully saturated rings. The fraction of sp³-hybridized carbons (Fsp3) is 0.350. The van der Waals surface area contributed by atoms with Gasteiger partial charge in [0.05, 0.1) is 31.9 Å². The molecular formula is C20H25FN3O3S+. The highest BCUT2D eigenvalue weighted by molar-refractivity contribution is 7.88. The number of benzene rings is 2. The molecule has 0 unspecified atom stereocenters. The maximum absolute atomic E-state index is 13.6.